The number of rotatable bonds is 4. The van der Waals surface area contributed by atoms with Crippen molar-refractivity contribution in [1.82, 2.24) is 15.3 Å². The number of amides is 1. The van der Waals surface area contributed by atoms with Gasteiger partial charge in [-0.25, -0.2) is 9.37 Å². The highest BCUT2D eigenvalue weighted by Gasteiger charge is 2.45. The second-order valence-electron chi connectivity index (χ2n) is 6.33. The molecule has 1 amide bonds. The molecule has 1 saturated carbocycles. The van der Waals surface area contributed by atoms with Crippen LogP contribution in [0, 0.1) is 5.82 Å². The van der Waals surface area contributed by atoms with Crippen LogP contribution in [-0.4, -0.2) is 15.9 Å². The summed E-state index contributed by atoms with van der Waals surface area (Å²) < 4.78 is 13.5. The molecule has 122 valence electrons. The predicted octanol–water partition coefficient (Wildman–Crippen LogP) is 3.44. The summed E-state index contributed by atoms with van der Waals surface area (Å²) in [4.78, 5) is 20.4. The molecule has 4 nitrogen and oxygen atoms in total. The predicted molar refractivity (Wildman–Crippen MR) is 89.9 cm³/mol. The highest BCUT2D eigenvalue weighted by Crippen LogP contribution is 2.44. The molecule has 0 aliphatic heterocycles. The second-order valence-corrected chi connectivity index (χ2v) is 6.33. The van der Waals surface area contributed by atoms with Gasteiger partial charge in [-0.2, -0.15) is 0 Å². The highest BCUT2D eigenvalue weighted by atomic mass is 19.1. The van der Waals surface area contributed by atoms with Gasteiger partial charge in [-0.1, -0.05) is 30.7 Å². The Morgan fingerprint density at radius 3 is 2.75 bits per heavy atom. The topological polar surface area (TPSA) is 57.8 Å². The minimum absolute atomic E-state index is 0.0557. The molecule has 1 aliphatic carbocycles. The third kappa shape index (κ3) is 2.46. The summed E-state index contributed by atoms with van der Waals surface area (Å²) in [5.41, 5.74) is 1.99. The quantitative estimate of drug-likeness (QED) is 0.773. The van der Waals surface area contributed by atoms with Gasteiger partial charge in [0, 0.05) is 0 Å². The minimum Gasteiger partial charge on any atom is -0.348 e. The molecule has 1 aliphatic rings. The van der Waals surface area contributed by atoms with Crippen molar-refractivity contribution in [2.24, 2.45) is 0 Å². The van der Waals surface area contributed by atoms with Gasteiger partial charge in [0.1, 0.15) is 11.6 Å². The summed E-state index contributed by atoms with van der Waals surface area (Å²) in [5.74, 6) is 0.363. The first-order valence-electron chi connectivity index (χ1n) is 8.15. The summed E-state index contributed by atoms with van der Waals surface area (Å²) in [6, 6.07) is 14.1. The fourth-order valence-electron chi connectivity index (χ4n) is 3.39. The number of carbonyl (C=O) groups excluding carboxylic acids is 1. The van der Waals surface area contributed by atoms with Crippen molar-refractivity contribution in [1.29, 1.82) is 0 Å². The third-order valence-corrected chi connectivity index (χ3v) is 4.87. The maximum atomic E-state index is 13.5. The molecule has 0 atom stereocenters. The van der Waals surface area contributed by atoms with Crippen LogP contribution in [0.4, 0.5) is 4.39 Å². The molecule has 0 saturated heterocycles. The summed E-state index contributed by atoms with van der Waals surface area (Å²) >= 11 is 0. The zero-order valence-electron chi connectivity index (χ0n) is 13.2. The van der Waals surface area contributed by atoms with Gasteiger partial charge in [-0.05, 0) is 42.7 Å². The molecule has 1 fully saturated rings. The molecule has 0 spiro atoms. The van der Waals surface area contributed by atoms with Crippen molar-refractivity contribution >= 4 is 16.9 Å². The SMILES string of the molecule is O=C(NCc1nc2ccccc2[nH]1)C1(c2cccc(F)c2)CCC1. The Labute approximate surface area is 139 Å². The maximum absolute atomic E-state index is 13.5. The molecule has 0 unspecified atom stereocenters. The fraction of sp³-hybridized carbons (Fsp3) is 0.263. The van der Waals surface area contributed by atoms with E-state index in [1.807, 2.05) is 30.3 Å². The monoisotopic (exact) mass is 323 g/mol. The van der Waals surface area contributed by atoms with Crippen LogP contribution < -0.4 is 5.32 Å². The van der Waals surface area contributed by atoms with E-state index in [0.29, 0.717) is 6.54 Å². The number of aromatic nitrogens is 2. The maximum Gasteiger partial charge on any atom is 0.231 e. The lowest BCUT2D eigenvalue weighted by molar-refractivity contribution is -0.130. The van der Waals surface area contributed by atoms with E-state index in [9.17, 15) is 9.18 Å². The molecule has 0 bridgehead atoms. The Hall–Kier alpha value is -2.69. The van der Waals surface area contributed by atoms with E-state index in [-0.39, 0.29) is 11.7 Å². The van der Waals surface area contributed by atoms with Gasteiger partial charge < -0.3 is 10.3 Å². The second kappa shape index (κ2) is 5.74. The molecule has 2 aromatic carbocycles. The zero-order valence-corrected chi connectivity index (χ0v) is 13.2. The van der Waals surface area contributed by atoms with Crippen molar-refractivity contribution < 1.29 is 9.18 Å². The number of nitrogens with one attached hydrogen (secondary N) is 2. The van der Waals surface area contributed by atoms with E-state index < -0.39 is 5.41 Å². The summed E-state index contributed by atoms with van der Waals surface area (Å²) in [5, 5.41) is 2.97. The Balaban J connectivity index is 1.52. The summed E-state index contributed by atoms with van der Waals surface area (Å²) in [7, 11) is 0. The van der Waals surface area contributed by atoms with Gasteiger partial charge in [0.05, 0.1) is 23.0 Å². The first kappa shape index (κ1) is 14.9. The van der Waals surface area contributed by atoms with E-state index in [4.69, 9.17) is 0 Å². The van der Waals surface area contributed by atoms with Gasteiger partial charge in [0.2, 0.25) is 5.91 Å². The van der Waals surface area contributed by atoms with Crippen LogP contribution in [0.3, 0.4) is 0 Å². The van der Waals surface area contributed by atoms with Crippen LogP contribution in [0.25, 0.3) is 11.0 Å². The minimum atomic E-state index is -0.603. The van der Waals surface area contributed by atoms with E-state index in [2.05, 4.69) is 15.3 Å². The first-order valence-corrected chi connectivity index (χ1v) is 8.15. The molecule has 1 heterocycles. The molecule has 3 aromatic rings. The van der Waals surface area contributed by atoms with Crippen molar-refractivity contribution in [3.8, 4) is 0 Å². The number of hydrogen-bond acceptors (Lipinski definition) is 2. The fourth-order valence-corrected chi connectivity index (χ4v) is 3.39. The van der Waals surface area contributed by atoms with E-state index >= 15 is 0 Å². The first-order chi connectivity index (χ1) is 11.7. The van der Waals surface area contributed by atoms with Crippen LogP contribution >= 0.6 is 0 Å². The number of fused-ring (bicyclic) bond motifs is 1. The van der Waals surface area contributed by atoms with Gasteiger partial charge in [0.15, 0.2) is 0 Å². The lowest BCUT2D eigenvalue weighted by Gasteiger charge is -2.40. The molecule has 0 radical (unpaired) electrons. The van der Waals surface area contributed by atoms with Crippen LogP contribution in [-0.2, 0) is 16.8 Å². The summed E-state index contributed by atoms with van der Waals surface area (Å²) in [6.45, 7) is 0.338. The Morgan fingerprint density at radius 2 is 2.04 bits per heavy atom. The lowest BCUT2D eigenvalue weighted by Crippen LogP contribution is -2.49. The normalized spacial score (nSPS) is 15.9. The Bertz CT molecular complexity index is 865. The van der Waals surface area contributed by atoms with E-state index in [1.165, 1.54) is 12.1 Å². The van der Waals surface area contributed by atoms with Crippen LogP contribution in [0.2, 0.25) is 0 Å². The number of H-pyrrole nitrogens is 1. The largest absolute Gasteiger partial charge is 0.348 e. The number of benzene rings is 2. The Kier molecular flexibility index (Phi) is 3.56. The van der Waals surface area contributed by atoms with Crippen molar-refractivity contribution in [3.63, 3.8) is 0 Å². The number of imidazole rings is 1. The van der Waals surface area contributed by atoms with Gasteiger partial charge in [-0.15, -0.1) is 0 Å². The molecular weight excluding hydrogens is 305 g/mol. The molecular formula is C19H18FN3O. The van der Waals surface area contributed by atoms with Crippen LogP contribution in [0.1, 0.15) is 30.7 Å². The van der Waals surface area contributed by atoms with Gasteiger partial charge in [0.25, 0.3) is 0 Å². The number of nitrogens with zero attached hydrogens (tertiary/aromatic N) is 1. The average molecular weight is 323 g/mol. The third-order valence-electron chi connectivity index (χ3n) is 4.87. The average Bonchev–Trinajstić information content (AvgIpc) is 2.95. The summed E-state index contributed by atoms with van der Waals surface area (Å²) in [6.07, 6.45) is 2.49. The molecule has 5 heteroatoms. The van der Waals surface area contributed by atoms with Crippen molar-refractivity contribution in [3.05, 3.63) is 65.7 Å². The standard InChI is InChI=1S/C19H18FN3O/c20-14-6-3-5-13(11-14)19(9-4-10-19)18(24)21-12-17-22-15-7-1-2-8-16(15)23-17/h1-3,5-8,11H,4,9-10,12H2,(H,21,24)(H,22,23). The van der Waals surface area contributed by atoms with Gasteiger partial charge in [-0.3, -0.25) is 4.79 Å². The van der Waals surface area contributed by atoms with Crippen molar-refractivity contribution in [2.75, 3.05) is 0 Å². The van der Waals surface area contributed by atoms with Crippen LogP contribution in [0.5, 0.6) is 0 Å². The zero-order chi connectivity index (χ0) is 16.6. The lowest BCUT2D eigenvalue weighted by atomic mass is 9.64. The number of para-hydroxylation sites is 2. The molecule has 4 rings (SSSR count). The number of carbonyl (C=O) groups is 1. The van der Waals surface area contributed by atoms with Crippen LogP contribution in [0.15, 0.2) is 48.5 Å². The Morgan fingerprint density at radius 1 is 1.21 bits per heavy atom. The van der Waals surface area contributed by atoms with E-state index in [1.54, 1.807) is 6.07 Å². The number of halogens is 1. The van der Waals surface area contributed by atoms with E-state index in [0.717, 1.165) is 41.7 Å². The smallest absolute Gasteiger partial charge is 0.231 e. The number of hydrogen-bond donors (Lipinski definition) is 2. The highest BCUT2D eigenvalue weighted by molar-refractivity contribution is 5.89. The number of aromatic amines is 1. The molecule has 24 heavy (non-hydrogen) atoms. The van der Waals surface area contributed by atoms with Crippen molar-refractivity contribution in [2.45, 2.75) is 31.2 Å². The molecule has 2 N–H and O–H groups in total. The molecule has 1 aromatic heterocycles. The van der Waals surface area contributed by atoms with Gasteiger partial charge >= 0.3 is 0 Å².